The van der Waals surface area contributed by atoms with Crippen LogP contribution in [-0.4, -0.2) is 52.2 Å². The van der Waals surface area contributed by atoms with Gasteiger partial charge in [-0.05, 0) is 11.6 Å². The number of piperazine rings is 1. The summed E-state index contributed by atoms with van der Waals surface area (Å²) in [5, 5.41) is 8.84. The molecule has 6 heteroatoms. The lowest BCUT2D eigenvalue weighted by Crippen LogP contribution is -2.47. The van der Waals surface area contributed by atoms with E-state index in [-0.39, 0.29) is 0 Å². The van der Waals surface area contributed by atoms with Gasteiger partial charge >= 0.3 is 6.09 Å². The molecule has 0 aliphatic carbocycles. The standard InChI is InChI=1S/C11H16N4O2/c12-10-7-13-2-1-9(10)8-14-3-5-15(6-4-14)11(16)17/h1-2,7H,3-6,8,12H2,(H,16,17). The van der Waals surface area contributed by atoms with Crippen molar-refractivity contribution in [3.8, 4) is 0 Å². The van der Waals surface area contributed by atoms with Crippen LogP contribution in [0.4, 0.5) is 10.5 Å². The fourth-order valence-electron chi connectivity index (χ4n) is 1.92. The molecule has 1 aromatic rings. The van der Waals surface area contributed by atoms with Gasteiger partial charge in [0.05, 0.1) is 11.9 Å². The highest BCUT2D eigenvalue weighted by molar-refractivity contribution is 5.65. The van der Waals surface area contributed by atoms with Gasteiger partial charge in [0, 0.05) is 38.9 Å². The lowest BCUT2D eigenvalue weighted by Gasteiger charge is -2.33. The number of carbonyl (C=O) groups is 1. The lowest BCUT2D eigenvalue weighted by atomic mass is 10.2. The largest absolute Gasteiger partial charge is 0.465 e. The Hall–Kier alpha value is -1.82. The SMILES string of the molecule is Nc1cnccc1CN1CCN(C(=O)O)CC1. The molecule has 6 nitrogen and oxygen atoms in total. The summed E-state index contributed by atoms with van der Waals surface area (Å²) in [6, 6.07) is 1.90. The minimum atomic E-state index is -0.840. The van der Waals surface area contributed by atoms with Gasteiger partial charge in [-0.2, -0.15) is 0 Å². The average Bonchev–Trinajstić information content (AvgIpc) is 2.33. The zero-order chi connectivity index (χ0) is 12.3. The number of aromatic nitrogens is 1. The second-order valence-corrected chi connectivity index (χ2v) is 4.12. The Labute approximate surface area is 99.7 Å². The van der Waals surface area contributed by atoms with Crippen LogP contribution >= 0.6 is 0 Å². The van der Waals surface area contributed by atoms with Gasteiger partial charge < -0.3 is 15.7 Å². The summed E-state index contributed by atoms with van der Waals surface area (Å²) in [4.78, 5) is 18.3. The van der Waals surface area contributed by atoms with Crippen LogP contribution in [0.25, 0.3) is 0 Å². The van der Waals surface area contributed by atoms with Gasteiger partial charge in [0.25, 0.3) is 0 Å². The van der Waals surface area contributed by atoms with Crippen molar-refractivity contribution in [3.05, 3.63) is 24.0 Å². The highest BCUT2D eigenvalue weighted by Crippen LogP contribution is 2.13. The molecule has 0 bridgehead atoms. The Balaban J connectivity index is 1.90. The summed E-state index contributed by atoms with van der Waals surface area (Å²) >= 11 is 0. The molecule has 92 valence electrons. The van der Waals surface area contributed by atoms with Gasteiger partial charge in [-0.1, -0.05) is 0 Å². The van der Waals surface area contributed by atoms with E-state index in [2.05, 4.69) is 9.88 Å². The lowest BCUT2D eigenvalue weighted by molar-refractivity contribution is 0.103. The third-order valence-corrected chi connectivity index (χ3v) is 2.98. The minimum absolute atomic E-state index is 0.556. The van der Waals surface area contributed by atoms with Crippen LogP contribution < -0.4 is 5.73 Å². The molecule has 0 unspecified atom stereocenters. The van der Waals surface area contributed by atoms with Crippen molar-refractivity contribution in [3.63, 3.8) is 0 Å². The summed E-state index contributed by atoms with van der Waals surface area (Å²) in [5.41, 5.74) is 7.55. The van der Waals surface area contributed by atoms with Gasteiger partial charge in [0.2, 0.25) is 0 Å². The number of rotatable bonds is 2. The molecular formula is C11H16N4O2. The van der Waals surface area contributed by atoms with E-state index in [0.29, 0.717) is 18.8 Å². The van der Waals surface area contributed by atoms with Crippen LogP contribution in [0.2, 0.25) is 0 Å². The molecule has 1 saturated heterocycles. The molecule has 0 saturated carbocycles. The summed E-state index contributed by atoms with van der Waals surface area (Å²) in [6.45, 7) is 3.35. The molecule has 0 spiro atoms. The molecule has 0 aromatic carbocycles. The van der Waals surface area contributed by atoms with E-state index in [4.69, 9.17) is 10.8 Å². The molecule has 1 fully saturated rings. The van der Waals surface area contributed by atoms with E-state index in [1.165, 1.54) is 4.90 Å². The van der Waals surface area contributed by atoms with Crippen LogP contribution in [0.5, 0.6) is 0 Å². The highest BCUT2D eigenvalue weighted by Gasteiger charge is 2.20. The second-order valence-electron chi connectivity index (χ2n) is 4.12. The van der Waals surface area contributed by atoms with E-state index >= 15 is 0 Å². The van der Waals surface area contributed by atoms with Gasteiger partial charge in [-0.25, -0.2) is 4.79 Å². The smallest absolute Gasteiger partial charge is 0.407 e. The highest BCUT2D eigenvalue weighted by atomic mass is 16.4. The molecule has 17 heavy (non-hydrogen) atoms. The third-order valence-electron chi connectivity index (χ3n) is 2.98. The first-order valence-corrected chi connectivity index (χ1v) is 5.55. The number of nitrogens with two attached hydrogens (primary N) is 1. The first-order chi connectivity index (χ1) is 8.16. The Kier molecular flexibility index (Phi) is 3.43. The molecular weight excluding hydrogens is 220 g/mol. The topological polar surface area (TPSA) is 82.7 Å². The van der Waals surface area contributed by atoms with Crippen LogP contribution in [0, 0.1) is 0 Å². The molecule has 3 N–H and O–H groups in total. The fraction of sp³-hybridized carbons (Fsp3) is 0.455. The van der Waals surface area contributed by atoms with Gasteiger partial charge in [-0.15, -0.1) is 0 Å². The maximum atomic E-state index is 10.8. The molecule has 2 heterocycles. The Morgan fingerprint density at radius 1 is 1.41 bits per heavy atom. The number of anilines is 1. The monoisotopic (exact) mass is 236 g/mol. The number of nitrogens with zero attached hydrogens (tertiary/aromatic N) is 3. The second kappa shape index (κ2) is 5.01. The van der Waals surface area contributed by atoms with Crippen molar-refractivity contribution in [2.24, 2.45) is 0 Å². The predicted octanol–water partition coefficient (Wildman–Crippen LogP) is 0.459. The van der Waals surface area contributed by atoms with E-state index in [1.807, 2.05) is 6.07 Å². The summed E-state index contributed by atoms with van der Waals surface area (Å²) in [5.74, 6) is 0. The predicted molar refractivity (Wildman–Crippen MR) is 63.5 cm³/mol. The molecule has 2 rings (SSSR count). The molecule has 0 radical (unpaired) electrons. The number of carboxylic acid groups (broad SMARTS) is 1. The van der Waals surface area contributed by atoms with Crippen LogP contribution in [0.15, 0.2) is 18.5 Å². The zero-order valence-corrected chi connectivity index (χ0v) is 9.54. The van der Waals surface area contributed by atoms with E-state index in [1.54, 1.807) is 12.4 Å². The minimum Gasteiger partial charge on any atom is -0.465 e. The summed E-state index contributed by atoms with van der Waals surface area (Å²) < 4.78 is 0. The molecule has 1 aliphatic heterocycles. The molecule has 1 amide bonds. The van der Waals surface area contributed by atoms with Gasteiger partial charge in [0.1, 0.15) is 0 Å². The van der Waals surface area contributed by atoms with Crippen molar-refractivity contribution in [2.75, 3.05) is 31.9 Å². The first-order valence-electron chi connectivity index (χ1n) is 5.55. The van der Waals surface area contributed by atoms with Gasteiger partial charge in [0.15, 0.2) is 0 Å². The first kappa shape index (κ1) is 11.7. The number of hydrogen-bond donors (Lipinski definition) is 2. The molecule has 0 atom stereocenters. The maximum absolute atomic E-state index is 10.8. The molecule has 1 aliphatic rings. The van der Waals surface area contributed by atoms with Crippen molar-refractivity contribution >= 4 is 11.8 Å². The maximum Gasteiger partial charge on any atom is 0.407 e. The number of nitrogen functional groups attached to an aromatic ring is 1. The average molecular weight is 236 g/mol. The number of hydrogen-bond acceptors (Lipinski definition) is 4. The Bertz CT molecular complexity index is 402. The van der Waals surface area contributed by atoms with Crippen molar-refractivity contribution < 1.29 is 9.90 Å². The number of amides is 1. The van der Waals surface area contributed by atoms with Crippen LogP contribution in [-0.2, 0) is 6.54 Å². The van der Waals surface area contributed by atoms with E-state index in [0.717, 1.165) is 25.2 Å². The Morgan fingerprint density at radius 2 is 2.12 bits per heavy atom. The third kappa shape index (κ3) is 2.85. The molecule has 1 aromatic heterocycles. The quantitative estimate of drug-likeness (QED) is 0.779. The summed E-state index contributed by atoms with van der Waals surface area (Å²) in [6.07, 6.45) is 2.52. The van der Waals surface area contributed by atoms with E-state index < -0.39 is 6.09 Å². The summed E-state index contributed by atoms with van der Waals surface area (Å²) in [7, 11) is 0. The van der Waals surface area contributed by atoms with Crippen molar-refractivity contribution in [1.82, 2.24) is 14.8 Å². The van der Waals surface area contributed by atoms with Crippen LogP contribution in [0.3, 0.4) is 0 Å². The van der Waals surface area contributed by atoms with Crippen molar-refractivity contribution in [1.29, 1.82) is 0 Å². The normalized spacial score (nSPS) is 17.1. The fourth-order valence-corrected chi connectivity index (χ4v) is 1.92. The number of pyridine rings is 1. The Morgan fingerprint density at radius 3 is 2.71 bits per heavy atom. The van der Waals surface area contributed by atoms with Crippen LogP contribution in [0.1, 0.15) is 5.56 Å². The zero-order valence-electron chi connectivity index (χ0n) is 9.54. The van der Waals surface area contributed by atoms with Crippen molar-refractivity contribution in [2.45, 2.75) is 6.54 Å². The van der Waals surface area contributed by atoms with E-state index in [9.17, 15) is 4.79 Å². The van der Waals surface area contributed by atoms with Gasteiger partial charge in [-0.3, -0.25) is 9.88 Å².